The van der Waals surface area contributed by atoms with Gasteiger partial charge in [0.15, 0.2) is 0 Å². The average molecular weight is 403 g/mol. The largest absolute Gasteiger partial charge is 0.346 e. The van der Waals surface area contributed by atoms with E-state index in [4.69, 9.17) is 34.8 Å². The fourth-order valence-electron chi connectivity index (χ4n) is 2.40. The van der Waals surface area contributed by atoms with E-state index in [0.717, 1.165) is 12.8 Å². The van der Waals surface area contributed by atoms with Gasteiger partial charge in [0.2, 0.25) is 0 Å². The van der Waals surface area contributed by atoms with E-state index in [2.05, 4.69) is 12.2 Å². The first-order chi connectivity index (χ1) is 11.4. The number of hydrogen-bond donors (Lipinski definition) is 1. The molecule has 0 aromatic heterocycles. The molecule has 0 spiro atoms. The number of allylic oxidation sites excluding steroid dienone is 1. The number of amides is 1. The fourth-order valence-corrected chi connectivity index (χ4v) is 2.60. The van der Waals surface area contributed by atoms with Crippen molar-refractivity contribution in [3.8, 4) is 0 Å². The second-order valence-corrected chi connectivity index (χ2v) is 8.44. The summed E-state index contributed by atoms with van der Waals surface area (Å²) < 4.78 is 11.4. The predicted octanol–water partition coefficient (Wildman–Crippen LogP) is 7.03. The Labute approximate surface area is 161 Å². The van der Waals surface area contributed by atoms with Crippen LogP contribution in [0.5, 0.6) is 0 Å². The van der Waals surface area contributed by atoms with Gasteiger partial charge < -0.3 is 5.32 Å². The van der Waals surface area contributed by atoms with Crippen molar-refractivity contribution < 1.29 is 9.18 Å². The summed E-state index contributed by atoms with van der Waals surface area (Å²) in [5.41, 5.74) is 0. The van der Waals surface area contributed by atoms with Gasteiger partial charge in [-0.2, -0.15) is 0 Å². The Bertz CT molecular complexity index is 357. The van der Waals surface area contributed by atoms with Crippen molar-refractivity contribution in [2.75, 3.05) is 6.54 Å². The number of hydrogen-bond acceptors (Lipinski definition) is 1. The molecule has 0 rings (SSSR count). The Morgan fingerprint density at radius 2 is 1.38 bits per heavy atom. The molecule has 0 atom stereocenters. The smallest absolute Gasteiger partial charge is 0.272 e. The van der Waals surface area contributed by atoms with Crippen LogP contribution in [0.2, 0.25) is 0 Å². The highest BCUT2D eigenvalue weighted by Gasteiger charge is 2.30. The number of alkyl halides is 3. The van der Waals surface area contributed by atoms with E-state index >= 15 is 0 Å². The van der Waals surface area contributed by atoms with Crippen molar-refractivity contribution in [1.29, 1.82) is 0 Å². The topological polar surface area (TPSA) is 29.1 Å². The minimum atomic E-state index is -2.05. The van der Waals surface area contributed by atoms with Crippen LogP contribution in [0, 0.1) is 0 Å². The van der Waals surface area contributed by atoms with Crippen molar-refractivity contribution in [2.45, 2.75) is 87.8 Å². The Kier molecular flexibility index (Phi) is 15.3. The van der Waals surface area contributed by atoms with Crippen molar-refractivity contribution in [3.63, 3.8) is 0 Å². The Morgan fingerprint density at radius 1 is 0.917 bits per heavy atom. The average Bonchev–Trinajstić information content (AvgIpc) is 2.52. The van der Waals surface area contributed by atoms with Crippen LogP contribution in [0.4, 0.5) is 4.39 Å². The van der Waals surface area contributed by atoms with E-state index in [1.807, 2.05) is 0 Å². The van der Waals surface area contributed by atoms with E-state index in [1.165, 1.54) is 63.9 Å². The lowest BCUT2D eigenvalue weighted by molar-refractivity contribution is -0.120. The SMILES string of the molecule is CCCCCCCCCCCCC/C=C(\F)CNC(=O)C(Cl)(Cl)Cl. The number of rotatable bonds is 14. The molecular weight excluding hydrogens is 372 g/mol. The van der Waals surface area contributed by atoms with Crippen LogP contribution in [-0.4, -0.2) is 16.2 Å². The van der Waals surface area contributed by atoms with Crippen molar-refractivity contribution in [2.24, 2.45) is 0 Å². The summed E-state index contributed by atoms with van der Waals surface area (Å²) >= 11 is 16.1. The maximum Gasteiger partial charge on any atom is 0.272 e. The van der Waals surface area contributed by atoms with Crippen molar-refractivity contribution in [1.82, 2.24) is 5.32 Å². The molecule has 142 valence electrons. The van der Waals surface area contributed by atoms with Gasteiger partial charge in [0.05, 0.1) is 6.54 Å². The van der Waals surface area contributed by atoms with Gasteiger partial charge in [-0.3, -0.25) is 4.79 Å². The maximum absolute atomic E-state index is 13.5. The molecule has 0 unspecified atom stereocenters. The van der Waals surface area contributed by atoms with Crippen LogP contribution in [0.15, 0.2) is 11.9 Å². The maximum atomic E-state index is 13.5. The van der Waals surface area contributed by atoms with Gasteiger partial charge in [0.25, 0.3) is 9.70 Å². The number of carbonyl (C=O) groups is 1. The molecule has 0 aliphatic heterocycles. The standard InChI is InChI=1S/C18H31Cl3FNO/c1-2-3-4-5-6-7-8-9-10-11-12-13-14-16(22)15-23-17(24)18(19,20)21/h14H,2-13,15H2,1H3,(H,23,24)/b16-14-. The van der Waals surface area contributed by atoms with Crippen molar-refractivity contribution in [3.05, 3.63) is 11.9 Å². The highest BCUT2D eigenvalue weighted by atomic mass is 35.6. The Hall–Kier alpha value is 0.01000. The molecule has 0 heterocycles. The molecule has 0 saturated heterocycles. The number of halogens is 4. The Balaban J connectivity index is 3.43. The van der Waals surface area contributed by atoms with E-state index in [0.29, 0.717) is 6.42 Å². The molecule has 0 aliphatic carbocycles. The first-order valence-corrected chi connectivity index (χ1v) is 10.2. The molecule has 0 aromatic rings. The molecule has 6 heteroatoms. The highest BCUT2D eigenvalue weighted by molar-refractivity contribution is 6.76. The van der Waals surface area contributed by atoms with Crippen LogP contribution >= 0.6 is 34.8 Å². The lowest BCUT2D eigenvalue weighted by Crippen LogP contribution is -2.35. The zero-order valence-electron chi connectivity index (χ0n) is 14.7. The third-order valence-electron chi connectivity index (χ3n) is 3.85. The minimum absolute atomic E-state index is 0.231. The second kappa shape index (κ2) is 15.3. The number of nitrogens with one attached hydrogen (secondary N) is 1. The van der Waals surface area contributed by atoms with Gasteiger partial charge in [0.1, 0.15) is 5.83 Å². The van der Waals surface area contributed by atoms with Gasteiger partial charge in [-0.25, -0.2) is 4.39 Å². The normalized spacial score (nSPS) is 12.5. The van der Waals surface area contributed by atoms with E-state index in [9.17, 15) is 9.18 Å². The molecule has 0 fully saturated rings. The fraction of sp³-hybridized carbons (Fsp3) is 0.833. The summed E-state index contributed by atoms with van der Waals surface area (Å²) in [6, 6.07) is 0. The molecule has 2 nitrogen and oxygen atoms in total. The minimum Gasteiger partial charge on any atom is -0.346 e. The van der Waals surface area contributed by atoms with Crippen LogP contribution in [0.1, 0.15) is 84.0 Å². The van der Waals surface area contributed by atoms with Gasteiger partial charge in [-0.1, -0.05) is 112 Å². The number of carbonyl (C=O) groups excluding carboxylic acids is 1. The molecule has 24 heavy (non-hydrogen) atoms. The van der Waals surface area contributed by atoms with Gasteiger partial charge in [-0.05, 0) is 12.8 Å². The van der Waals surface area contributed by atoms with E-state index < -0.39 is 15.5 Å². The molecule has 0 aromatic carbocycles. The third kappa shape index (κ3) is 15.5. The highest BCUT2D eigenvalue weighted by Crippen LogP contribution is 2.25. The van der Waals surface area contributed by atoms with Gasteiger partial charge in [-0.15, -0.1) is 0 Å². The summed E-state index contributed by atoms with van der Waals surface area (Å²) in [5.74, 6) is -1.21. The second-order valence-electron chi connectivity index (χ2n) is 6.16. The zero-order valence-corrected chi connectivity index (χ0v) is 17.0. The lowest BCUT2D eigenvalue weighted by atomic mass is 10.1. The van der Waals surface area contributed by atoms with Crippen molar-refractivity contribution >= 4 is 40.7 Å². The number of unbranched alkanes of at least 4 members (excludes halogenated alkanes) is 11. The quantitative estimate of drug-likeness (QED) is 0.245. The first kappa shape index (κ1) is 24.0. The predicted molar refractivity (Wildman–Crippen MR) is 104 cm³/mol. The van der Waals surface area contributed by atoms with Gasteiger partial charge in [0, 0.05) is 0 Å². The lowest BCUT2D eigenvalue weighted by Gasteiger charge is -2.10. The van der Waals surface area contributed by atoms with Crippen LogP contribution in [-0.2, 0) is 4.79 Å². The Morgan fingerprint density at radius 3 is 1.83 bits per heavy atom. The molecule has 1 amide bonds. The summed E-state index contributed by atoms with van der Waals surface area (Å²) in [6.07, 6.45) is 16.1. The summed E-state index contributed by atoms with van der Waals surface area (Å²) in [5, 5.41) is 2.24. The van der Waals surface area contributed by atoms with E-state index in [-0.39, 0.29) is 6.54 Å². The van der Waals surface area contributed by atoms with E-state index in [1.54, 1.807) is 0 Å². The molecule has 0 saturated carbocycles. The van der Waals surface area contributed by atoms with Crippen LogP contribution < -0.4 is 5.32 Å². The molecule has 1 N–H and O–H groups in total. The summed E-state index contributed by atoms with van der Waals surface area (Å²) in [7, 11) is 0. The zero-order chi connectivity index (χ0) is 18.3. The molecular formula is C18H31Cl3FNO. The molecule has 0 bridgehead atoms. The summed E-state index contributed by atoms with van der Waals surface area (Å²) in [6.45, 7) is 2.01. The molecule has 0 radical (unpaired) electrons. The van der Waals surface area contributed by atoms with Crippen LogP contribution in [0.3, 0.4) is 0 Å². The summed E-state index contributed by atoms with van der Waals surface area (Å²) in [4.78, 5) is 11.2. The monoisotopic (exact) mass is 401 g/mol. The third-order valence-corrected chi connectivity index (χ3v) is 4.36. The first-order valence-electron chi connectivity index (χ1n) is 9.07. The van der Waals surface area contributed by atoms with Gasteiger partial charge >= 0.3 is 0 Å². The molecule has 0 aliphatic rings. The van der Waals surface area contributed by atoms with Crippen LogP contribution in [0.25, 0.3) is 0 Å².